The van der Waals surface area contributed by atoms with Crippen LogP contribution < -0.4 is 0 Å². The zero-order valence-corrected chi connectivity index (χ0v) is 21.1. The van der Waals surface area contributed by atoms with Gasteiger partial charge in [-0.15, -0.1) is 0 Å². The second-order valence-corrected chi connectivity index (χ2v) is 12.6. The van der Waals surface area contributed by atoms with Crippen molar-refractivity contribution in [2.24, 2.45) is 46.3 Å². The lowest BCUT2D eigenvalue weighted by atomic mass is 9.44. The van der Waals surface area contributed by atoms with Crippen molar-refractivity contribution < 1.29 is 9.53 Å². The summed E-state index contributed by atoms with van der Waals surface area (Å²) < 4.78 is 5.48. The summed E-state index contributed by atoms with van der Waals surface area (Å²) in [7, 11) is 0. The maximum absolute atomic E-state index is 12.2. The highest BCUT2D eigenvalue weighted by molar-refractivity contribution is 5.69. The Morgan fingerprint density at radius 3 is 2.55 bits per heavy atom. The van der Waals surface area contributed by atoms with E-state index in [1.807, 2.05) is 0 Å². The first-order valence-corrected chi connectivity index (χ1v) is 14.1. The number of fused-ring (bicyclic) bond motifs is 5. The summed E-state index contributed by atoms with van der Waals surface area (Å²) in [6.45, 7) is 10.6. The molecule has 178 valence electrons. The Morgan fingerprint density at radius 2 is 1.74 bits per heavy atom. The lowest BCUT2D eigenvalue weighted by molar-refractivity contribution is -0.144. The van der Waals surface area contributed by atoms with Crippen molar-refractivity contribution in [1.29, 1.82) is 0 Å². The van der Waals surface area contributed by atoms with Gasteiger partial charge >= 0.3 is 5.97 Å². The maximum atomic E-state index is 12.2. The highest BCUT2D eigenvalue weighted by atomic mass is 16.5. The van der Waals surface area contributed by atoms with E-state index in [-0.39, 0.29) is 5.97 Å². The van der Waals surface area contributed by atoms with Crippen LogP contribution in [0.15, 0.2) is 0 Å². The minimum absolute atomic E-state index is 0.0370. The molecule has 0 aromatic carbocycles. The van der Waals surface area contributed by atoms with E-state index in [4.69, 9.17) is 4.74 Å². The van der Waals surface area contributed by atoms with Crippen LogP contribution >= 0.6 is 0 Å². The monoisotopic (exact) mass is 430 g/mol. The molecule has 31 heavy (non-hydrogen) atoms. The molecular formula is C29H50O2. The van der Waals surface area contributed by atoms with E-state index in [2.05, 4.69) is 27.7 Å². The van der Waals surface area contributed by atoms with Gasteiger partial charge in [-0.05, 0) is 111 Å². The smallest absolute Gasteiger partial charge is 0.305 e. The number of hydrogen-bond acceptors (Lipinski definition) is 2. The van der Waals surface area contributed by atoms with Gasteiger partial charge in [0.1, 0.15) is 0 Å². The van der Waals surface area contributed by atoms with Crippen LogP contribution in [0.5, 0.6) is 0 Å². The number of rotatable bonds is 8. The number of esters is 1. The van der Waals surface area contributed by atoms with Gasteiger partial charge in [-0.25, -0.2) is 0 Å². The van der Waals surface area contributed by atoms with Crippen molar-refractivity contribution in [3.8, 4) is 0 Å². The molecule has 2 heteroatoms. The first-order valence-electron chi connectivity index (χ1n) is 14.1. The molecule has 0 aromatic heterocycles. The molecule has 0 aliphatic heterocycles. The molecule has 4 rings (SSSR count). The second kappa shape index (κ2) is 9.76. The molecule has 0 bridgehead atoms. The second-order valence-electron chi connectivity index (χ2n) is 12.6. The molecule has 4 saturated carbocycles. The Kier molecular flexibility index (Phi) is 7.44. The molecule has 0 spiro atoms. The standard InChI is InChI=1S/C29H50O2/c1-5-6-9-20-31-27(30)16-11-21(2)24-14-15-25-23-13-12-22-10-7-8-18-28(22,3)26(23)17-19-29(24,25)4/h21-26H,5-20H2,1-4H3/t21-,22?,23+,24-,25+,26+,28+,29-/m1/s1. The van der Waals surface area contributed by atoms with Crippen LogP contribution in [0.3, 0.4) is 0 Å². The van der Waals surface area contributed by atoms with Crippen molar-refractivity contribution in [2.45, 2.75) is 124 Å². The maximum Gasteiger partial charge on any atom is 0.305 e. The SMILES string of the molecule is CCCCCOC(=O)CC[C@@H](C)[C@H]1CC[C@H]2[C@@H]3CCC4CCCC[C@]4(C)[C@H]3CC[C@]12C. The van der Waals surface area contributed by atoms with E-state index in [1.54, 1.807) is 0 Å². The molecule has 0 radical (unpaired) electrons. The number of hydrogen-bond donors (Lipinski definition) is 0. The lowest BCUT2D eigenvalue weighted by Gasteiger charge is -2.61. The van der Waals surface area contributed by atoms with E-state index in [0.29, 0.717) is 29.8 Å². The normalized spacial score (nSPS) is 42.9. The number of carbonyl (C=O) groups is 1. The van der Waals surface area contributed by atoms with Crippen molar-refractivity contribution in [2.75, 3.05) is 6.61 Å². The Balaban J connectivity index is 1.34. The van der Waals surface area contributed by atoms with Gasteiger partial charge in [-0.3, -0.25) is 4.79 Å². The van der Waals surface area contributed by atoms with E-state index < -0.39 is 0 Å². The molecule has 8 atom stereocenters. The van der Waals surface area contributed by atoms with Crippen molar-refractivity contribution in [3.05, 3.63) is 0 Å². The van der Waals surface area contributed by atoms with Crippen LogP contribution in [0.4, 0.5) is 0 Å². The number of ether oxygens (including phenoxy) is 1. The van der Waals surface area contributed by atoms with Gasteiger partial charge in [-0.1, -0.05) is 53.4 Å². The van der Waals surface area contributed by atoms with Crippen LogP contribution in [-0.4, -0.2) is 12.6 Å². The highest BCUT2D eigenvalue weighted by Gasteiger charge is 2.60. The first-order chi connectivity index (χ1) is 14.9. The molecule has 0 aromatic rings. The van der Waals surface area contributed by atoms with Gasteiger partial charge in [0.05, 0.1) is 6.61 Å². The van der Waals surface area contributed by atoms with E-state index in [1.165, 1.54) is 70.6 Å². The Labute approximate surface area is 192 Å². The van der Waals surface area contributed by atoms with E-state index >= 15 is 0 Å². The molecule has 4 aliphatic rings. The highest BCUT2D eigenvalue weighted by Crippen LogP contribution is 2.68. The van der Waals surface area contributed by atoms with Crippen LogP contribution in [0.25, 0.3) is 0 Å². The predicted molar refractivity (Wildman–Crippen MR) is 129 cm³/mol. The van der Waals surface area contributed by atoms with Crippen LogP contribution in [-0.2, 0) is 9.53 Å². The van der Waals surface area contributed by atoms with E-state index in [0.717, 1.165) is 48.9 Å². The topological polar surface area (TPSA) is 26.3 Å². The summed E-state index contributed by atoms with van der Waals surface area (Å²) in [4.78, 5) is 12.2. The largest absolute Gasteiger partial charge is 0.466 e. The zero-order valence-electron chi connectivity index (χ0n) is 21.1. The van der Waals surface area contributed by atoms with E-state index in [9.17, 15) is 4.79 Å². The molecular weight excluding hydrogens is 380 g/mol. The summed E-state index contributed by atoms with van der Waals surface area (Å²) in [5, 5.41) is 0. The molecule has 2 nitrogen and oxygen atoms in total. The van der Waals surface area contributed by atoms with Gasteiger partial charge in [0, 0.05) is 6.42 Å². The molecule has 0 amide bonds. The van der Waals surface area contributed by atoms with Gasteiger partial charge in [0.2, 0.25) is 0 Å². The van der Waals surface area contributed by atoms with Gasteiger partial charge in [0.15, 0.2) is 0 Å². The summed E-state index contributed by atoms with van der Waals surface area (Å²) in [6.07, 6.45) is 19.8. The first kappa shape index (κ1) is 23.6. The lowest BCUT2D eigenvalue weighted by Crippen LogP contribution is -2.53. The molecule has 4 aliphatic carbocycles. The van der Waals surface area contributed by atoms with Crippen molar-refractivity contribution in [3.63, 3.8) is 0 Å². The third kappa shape index (κ3) is 4.48. The molecule has 0 N–H and O–H groups in total. The summed E-state index contributed by atoms with van der Waals surface area (Å²) in [6, 6.07) is 0. The zero-order chi connectivity index (χ0) is 22.1. The van der Waals surface area contributed by atoms with Crippen LogP contribution in [0, 0.1) is 46.3 Å². The number of unbranched alkanes of at least 4 members (excludes halogenated alkanes) is 2. The molecule has 0 saturated heterocycles. The predicted octanol–water partition coefficient (Wildman–Crippen LogP) is 8.19. The minimum atomic E-state index is 0.0370. The number of carbonyl (C=O) groups excluding carboxylic acids is 1. The van der Waals surface area contributed by atoms with Gasteiger partial charge in [0.25, 0.3) is 0 Å². The van der Waals surface area contributed by atoms with Gasteiger partial charge < -0.3 is 4.74 Å². The minimum Gasteiger partial charge on any atom is -0.466 e. The molecule has 1 unspecified atom stereocenters. The third-order valence-corrected chi connectivity index (χ3v) is 11.2. The molecule has 0 heterocycles. The van der Waals surface area contributed by atoms with Crippen LogP contribution in [0.2, 0.25) is 0 Å². The third-order valence-electron chi connectivity index (χ3n) is 11.2. The average molecular weight is 431 g/mol. The Bertz CT molecular complexity index is 614. The fourth-order valence-electron chi connectivity index (χ4n) is 9.43. The quantitative estimate of drug-likeness (QED) is 0.286. The average Bonchev–Trinajstić information content (AvgIpc) is 3.12. The Morgan fingerprint density at radius 1 is 0.935 bits per heavy atom. The summed E-state index contributed by atoms with van der Waals surface area (Å²) >= 11 is 0. The fourth-order valence-corrected chi connectivity index (χ4v) is 9.43. The van der Waals surface area contributed by atoms with Crippen molar-refractivity contribution in [1.82, 2.24) is 0 Å². The van der Waals surface area contributed by atoms with Crippen molar-refractivity contribution >= 4 is 5.97 Å². The summed E-state index contributed by atoms with van der Waals surface area (Å²) in [5.74, 6) is 5.44. The fraction of sp³-hybridized carbons (Fsp3) is 0.966. The van der Waals surface area contributed by atoms with Crippen LogP contribution in [0.1, 0.15) is 124 Å². The molecule has 4 fully saturated rings. The Hall–Kier alpha value is -0.530. The van der Waals surface area contributed by atoms with Gasteiger partial charge in [-0.2, -0.15) is 0 Å². The summed E-state index contributed by atoms with van der Waals surface area (Å²) in [5.41, 5.74) is 1.16.